The third kappa shape index (κ3) is 4.69. The standard InChI is InChI=1S/C20H20FN3O2/c1-15-13-24(18-5-3-2-4-6-18)23-20(15)26-14-19(25)22-12-11-16-7-9-17(21)10-8-16/h2-10,13H,11-12,14H2,1H3,(H,22,25). The van der Waals surface area contributed by atoms with E-state index in [1.54, 1.807) is 16.8 Å². The summed E-state index contributed by atoms with van der Waals surface area (Å²) in [5, 5.41) is 7.15. The van der Waals surface area contributed by atoms with Gasteiger partial charge < -0.3 is 10.1 Å². The second kappa shape index (κ2) is 8.29. The summed E-state index contributed by atoms with van der Waals surface area (Å²) in [6, 6.07) is 15.9. The van der Waals surface area contributed by atoms with Crippen LogP contribution in [0.25, 0.3) is 5.69 Å². The maximum Gasteiger partial charge on any atom is 0.258 e. The summed E-state index contributed by atoms with van der Waals surface area (Å²) >= 11 is 0. The van der Waals surface area contributed by atoms with Gasteiger partial charge in [0.15, 0.2) is 6.61 Å². The quantitative estimate of drug-likeness (QED) is 0.710. The number of amides is 1. The normalized spacial score (nSPS) is 10.5. The molecule has 2 aromatic carbocycles. The van der Waals surface area contributed by atoms with Crippen LogP contribution in [-0.4, -0.2) is 28.8 Å². The number of hydrogen-bond donors (Lipinski definition) is 1. The molecule has 0 aliphatic carbocycles. The number of carbonyl (C=O) groups excluding carboxylic acids is 1. The van der Waals surface area contributed by atoms with Gasteiger partial charge in [0.1, 0.15) is 5.82 Å². The molecule has 0 fully saturated rings. The molecule has 5 nitrogen and oxygen atoms in total. The summed E-state index contributed by atoms with van der Waals surface area (Å²) in [6.07, 6.45) is 2.49. The Balaban J connectivity index is 1.47. The van der Waals surface area contributed by atoms with Gasteiger partial charge in [-0.2, -0.15) is 0 Å². The van der Waals surface area contributed by atoms with Crippen LogP contribution in [-0.2, 0) is 11.2 Å². The number of ether oxygens (including phenoxy) is 1. The summed E-state index contributed by atoms with van der Waals surface area (Å²) in [5.74, 6) is -0.0557. The molecule has 0 unspecified atom stereocenters. The van der Waals surface area contributed by atoms with E-state index in [4.69, 9.17) is 4.74 Å². The average molecular weight is 353 g/mol. The monoisotopic (exact) mass is 353 g/mol. The molecule has 0 spiro atoms. The van der Waals surface area contributed by atoms with E-state index < -0.39 is 0 Å². The summed E-state index contributed by atoms with van der Waals surface area (Å²) in [6.45, 7) is 2.25. The van der Waals surface area contributed by atoms with Gasteiger partial charge in [-0.3, -0.25) is 4.79 Å². The van der Waals surface area contributed by atoms with Crippen LogP contribution in [0, 0.1) is 12.7 Å². The molecular weight excluding hydrogens is 333 g/mol. The van der Waals surface area contributed by atoms with Crippen LogP contribution < -0.4 is 10.1 Å². The molecule has 1 N–H and O–H groups in total. The van der Waals surface area contributed by atoms with Gasteiger partial charge in [-0.15, -0.1) is 5.10 Å². The third-order valence-electron chi connectivity index (χ3n) is 3.86. The van der Waals surface area contributed by atoms with Gasteiger partial charge in [-0.25, -0.2) is 9.07 Å². The van der Waals surface area contributed by atoms with Crippen molar-refractivity contribution >= 4 is 5.91 Å². The van der Waals surface area contributed by atoms with E-state index in [2.05, 4.69) is 10.4 Å². The van der Waals surface area contributed by atoms with Crippen molar-refractivity contribution in [2.75, 3.05) is 13.2 Å². The Labute approximate surface area is 151 Å². The third-order valence-corrected chi connectivity index (χ3v) is 3.86. The number of hydrogen-bond acceptors (Lipinski definition) is 3. The Bertz CT molecular complexity index is 861. The van der Waals surface area contributed by atoms with E-state index in [0.29, 0.717) is 18.8 Å². The van der Waals surface area contributed by atoms with E-state index in [0.717, 1.165) is 16.8 Å². The summed E-state index contributed by atoms with van der Waals surface area (Å²) in [5.41, 5.74) is 2.74. The minimum absolute atomic E-state index is 0.101. The van der Waals surface area contributed by atoms with E-state index in [1.165, 1.54) is 12.1 Å². The average Bonchev–Trinajstić information content (AvgIpc) is 3.03. The topological polar surface area (TPSA) is 56.2 Å². The fourth-order valence-electron chi connectivity index (χ4n) is 2.48. The SMILES string of the molecule is Cc1cn(-c2ccccc2)nc1OCC(=O)NCCc1ccc(F)cc1. The Morgan fingerprint density at radius 3 is 2.62 bits per heavy atom. The zero-order valence-electron chi connectivity index (χ0n) is 14.5. The first-order valence-corrected chi connectivity index (χ1v) is 8.37. The van der Waals surface area contributed by atoms with Crippen molar-refractivity contribution in [2.24, 2.45) is 0 Å². The second-order valence-electron chi connectivity index (χ2n) is 5.91. The summed E-state index contributed by atoms with van der Waals surface area (Å²) in [4.78, 5) is 11.9. The minimum Gasteiger partial charge on any atom is -0.466 e. The number of para-hydroxylation sites is 1. The van der Waals surface area contributed by atoms with Gasteiger partial charge in [0.05, 0.1) is 5.69 Å². The number of halogens is 1. The maximum atomic E-state index is 12.8. The lowest BCUT2D eigenvalue weighted by atomic mass is 10.1. The van der Waals surface area contributed by atoms with Crippen LogP contribution in [0.4, 0.5) is 4.39 Å². The Hall–Kier alpha value is -3.15. The Morgan fingerprint density at radius 1 is 1.15 bits per heavy atom. The number of benzene rings is 2. The molecule has 3 aromatic rings. The van der Waals surface area contributed by atoms with E-state index in [9.17, 15) is 9.18 Å². The highest BCUT2D eigenvalue weighted by Crippen LogP contribution is 2.17. The lowest BCUT2D eigenvalue weighted by molar-refractivity contribution is -0.123. The first-order valence-electron chi connectivity index (χ1n) is 8.37. The van der Waals surface area contributed by atoms with Crippen molar-refractivity contribution in [1.29, 1.82) is 0 Å². The van der Waals surface area contributed by atoms with Crippen molar-refractivity contribution in [3.63, 3.8) is 0 Å². The minimum atomic E-state index is -0.267. The van der Waals surface area contributed by atoms with Gasteiger partial charge in [-0.1, -0.05) is 30.3 Å². The fraction of sp³-hybridized carbons (Fsp3) is 0.200. The number of nitrogens with one attached hydrogen (secondary N) is 1. The van der Waals surface area contributed by atoms with Crippen LogP contribution in [0.2, 0.25) is 0 Å². The lowest BCUT2D eigenvalue weighted by Crippen LogP contribution is -2.30. The fourth-order valence-corrected chi connectivity index (χ4v) is 2.48. The van der Waals surface area contributed by atoms with Gasteiger partial charge in [0.25, 0.3) is 5.91 Å². The molecule has 0 atom stereocenters. The molecule has 0 saturated carbocycles. The van der Waals surface area contributed by atoms with Crippen molar-refractivity contribution in [3.8, 4) is 11.6 Å². The largest absolute Gasteiger partial charge is 0.466 e. The molecule has 0 aliphatic rings. The Morgan fingerprint density at radius 2 is 1.88 bits per heavy atom. The van der Waals surface area contributed by atoms with Crippen molar-refractivity contribution in [3.05, 3.63) is 77.7 Å². The van der Waals surface area contributed by atoms with E-state index in [-0.39, 0.29) is 18.3 Å². The van der Waals surface area contributed by atoms with Crippen molar-refractivity contribution in [2.45, 2.75) is 13.3 Å². The summed E-state index contributed by atoms with van der Waals surface area (Å²) < 4.78 is 20.1. The molecule has 0 radical (unpaired) electrons. The van der Waals surface area contributed by atoms with Gasteiger partial charge >= 0.3 is 0 Å². The predicted octanol–water partition coefficient (Wildman–Crippen LogP) is 3.06. The smallest absolute Gasteiger partial charge is 0.258 e. The molecule has 1 amide bonds. The van der Waals surface area contributed by atoms with Crippen LogP contribution in [0.15, 0.2) is 60.8 Å². The first-order chi connectivity index (χ1) is 12.6. The zero-order chi connectivity index (χ0) is 18.4. The van der Waals surface area contributed by atoms with E-state index >= 15 is 0 Å². The van der Waals surface area contributed by atoms with Crippen molar-refractivity contribution < 1.29 is 13.9 Å². The number of nitrogens with zero attached hydrogens (tertiary/aromatic N) is 2. The molecule has 1 heterocycles. The highest BCUT2D eigenvalue weighted by molar-refractivity contribution is 5.77. The van der Waals surface area contributed by atoms with Gasteiger partial charge in [0, 0.05) is 18.3 Å². The van der Waals surface area contributed by atoms with Crippen LogP contribution in [0.1, 0.15) is 11.1 Å². The first kappa shape index (κ1) is 17.7. The number of rotatable bonds is 7. The zero-order valence-corrected chi connectivity index (χ0v) is 14.5. The maximum absolute atomic E-state index is 12.8. The molecule has 0 bridgehead atoms. The van der Waals surface area contributed by atoms with Crippen LogP contribution >= 0.6 is 0 Å². The number of aromatic nitrogens is 2. The second-order valence-corrected chi connectivity index (χ2v) is 5.91. The molecule has 1 aromatic heterocycles. The van der Waals surface area contributed by atoms with Crippen LogP contribution in [0.5, 0.6) is 5.88 Å². The Kier molecular flexibility index (Phi) is 5.63. The van der Waals surface area contributed by atoms with E-state index in [1.807, 2.05) is 43.5 Å². The number of carbonyl (C=O) groups is 1. The lowest BCUT2D eigenvalue weighted by Gasteiger charge is -2.06. The molecular formula is C20H20FN3O2. The number of aryl methyl sites for hydroxylation is 1. The highest BCUT2D eigenvalue weighted by Gasteiger charge is 2.10. The van der Waals surface area contributed by atoms with Crippen LogP contribution in [0.3, 0.4) is 0 Å². The van der Waals surface area contributed by atoms with Crippen molar-refractivity contribution in [1.82, 2.24) is 15.1 Å². The molecule has 26 heavy (non-hydrogen) atoms. The van der Waals surface area contributed by atoms with Gasteiger partial charge in [-0.05, 0) is 43.2 Å². The van der Waals surface area contributed by atoms with Gasteiger partial charge in [0.2, 0.25) is 5.88 Å². The molecule has 0 saturated heterocycles. The predicted molar refractivity (Wildman–Crippen MR) is 96.9 cm³/mol. The molecule has 3 rings (SSSR count). The molecule has 134 valence electrons. The highest BCUT2D eigenvalue weighted by atomic mass is 19.1. The molecule has 0 aliphatic heterocycles. The molecule has 6 heteroatoms. The summed E-state index contributed by atoms with van der Waals surface area (Å²) in [7, 11) is 0.